The second-order valence-corrected chi connectivity index (χ2v) is 6.93. The Morgan fingerprint density at radius 2 is 2.18 bits per heavy atom. The third-order valence-electron chi connectivity index (χ3n) is 4.59. The summed E-state index contributed by atoms with van der Waals surface area (Å²) in [6, 6.07) is 6.05. The van der Waals surface area contributed by atoms with E-state index in [-0.39, 0.29) is 11.2 Å². The van der Waals surface area contributed by atoms with Crippen LogP contribution in [0.25, 0.3) is 0 Å². The second-order valence-electron chi connectivity index (χ2n) is 6.93. The molecule has 1 aromatic carbocycles. The van der Waals surface area contributed by atoms with Gasteiger partial charge in [0.2, 0.25) is 0 Å². The molecular formula is C17H21BN2O2. The third kappa shape index (κ3) is 2.50. The van der Waals surface area contributed by atoms with E-state index in [1.54, 1.807) is 10.9 Å². The first-order chi connectivity index (χ1) is 10.3. The molecule has 0 bridgehead atoms. The lowest BCUT2D eigenvalue weighted by Gasteiger charge is -2.19. The Morgan fingerprint density at radius 1 is 1.45 bits per heavy atom. The van der Waals surface area contributed by atoms with Crippen LogP contribution in [-0.2, 0) is 18.9 Å². The van der Waals surface area contributed by atoms with E-state index in [9.17, 15) is 9.82 Å². The normalized spacial score (nSPS) is 16.0. The molecule has 22 heavy (non-hydrogen) atoms. The van der Waals surface area contributed by atoms with Crippen LogP contribution >= 0.6 is 0 Å². The van der Waals surface area contributed by atoms with Crippen LogP contribution in [0.2, 0.25) is 6.32 Å². The van der Waals surface area contributed by atoms with Crippen molar-refractivity contribution in [3.05, 3.63) is 46.8 Å². The summed E-state index contributed by atoms with van der Waals surface area (Å²) in [6.45, 7) is 5.71. The number of benzene rings is 1. The number of aryl methyl sites for hydroxylation is 2. The van der Waals surface area contributed by atoms with Gasteiger partial charge in [0.05, 0.1) is 11.3 Å². The number of hydrogen-bond acceptors (Lipinski definition) is 3. The van der Waals surface area contributed by atoms with E-state index in [4.69, 9.17) is 0 Å². The predicted octanol–water partition coefficient (Wildman–Crippen LogP) is 1.64. The fraction of sp³-hybridized carbons (Fsp3) is 0.412. The molecule has 5 heteroatoms. The van der Waals surface area contributed by atoms with Crippen molar-refractivity contribution in [1.82, 2.24) is 9.78 Å². The van der Waals surface area contributed by atoms with E-state index in [0.717, 1.165) is 23.0 Å². The van der Waals surface area contributed by atoms with Crippen LogP contribution in [0.15, 0.2) is 24.4 Å². The minimum atomic E-state index is -0.430. The maximum Gasteiger partial charge on any atom is 0.324 e. The first-order valence-electron chi connectivity index (χ1n) is 7.63. The number of nitrogens with zero attached hydrogens (tertiary/aromatic N) is 2. The lowest BCUT2D eigenvalue weighted by atomic mass is 9.61. The molecule has 114 valence electrons. The molecule has 2 aromatic rings. The Hall–Kier alpha value is -1.88. The summed E-state index contributed by atoms with van der Waals surface area (Å²) in [5, 5.41) is 14.5. The smallest absolute Gasteiger partial charge is 0.324 e. The molecule has 0 atom stereocenters. The quantitative estimate of drug-likeness (QED) is 0.692. The summed E-state index contributed by atoms with van der Waals surface area (Å²) in [7, 11) is 1.82. The molecule has 2 heterocycles. The average Bonchev–Trinajstić information content (AvgIpc) is 2.87. The molecule has 0 saturated heterocycles. The summed E-state index contributed by atoms with van der Waals surface area (Å²) < 4.78 is 1.66. The van der Waals surface area contributed by atoms with Crippen LogP contribution in [0.5, 0.6) is 0 Å². The highest BCUT2D eigenvalue weighted by atomic mass is 16.2. The fourth-order valence-corrected chi connectivity index (χ4v) is 3.47. The van der Waals surface area contributed by atoms with Crippen LogP contribution in [0.1, 0.15) is 41.0 Å². The van der Waals surface area contributed by atoms with Crippen molar-refractivity contribution in [1.29, 1.82) is 0 Å². The van der Waals surface area contributed by atoms with Crippen molar-refractivity contribution >= 4 is 18.2 Å². The number of carbonyl (C=O) groups is 1. The van der Waals surface area contributed by atoms with Crippen molar-refractivity contribution < 1.29 is 9.82 Å². The number of Topliss-reactive ketones (excluding diaryl/α,β-unsaturated/α-hetero) is 1. The van der Waals surface area contributed by atoms with Gasteiger partial charge in [0.1, 0.15) is 0 Å². The van der Waals surface area contributed by atoms with Gasteiger partial charge in [-0.15, -0.1) is 0 Å². The van der Waals surface area contributed by atoms with Gasteiger partial charge in [-0.05, 0) is 35.2 Å². The largest absolute Gasteiger partial charge is 0.446 e. The molecule has 0 radical (unpaired) electrons. The average molecular weight is 296 g/mol. The topological polar surface area (TPSA) is 55.1 Å². The summed E-state index contributed by atoms with van der Waals surface area (Å²) in [5.41, 5.74) is 4.53. The molecule has 1 aliphatic rings. The van der Waals surface area contributed by atoms with Crippen LogP contribution in [0.3, 0.4) is 0 Å². The molecule has 1 aliphatic heterocycles. The van der Waals surface area contributed by atoms with Gasteiger partial charge in [-0.25, -0.2) is 0 Å². The van der Waals surface area contributed by atoms with Gasteiger partial charge >= 0.3 is 6.92 Å². The predicted molar refractivity (Wildman–Crippen MR) is 87.9 cm³/mol. The van der Waals surface area contributed by atoms with Crippen LogP contribution in [0, 0.1) is 6.92 Å². The molecule has 0 fully saturated rings. The summed E-state index contributed by atoms with van der Waals surface area (Å²) >= 11 is 0. The van der Waals surface area contributed by atoms with Crippen molar-refractivity contribution in [2.24, 2.45) is 7.05 Å². The zero-order valence-corrected chi connectivity index (χ0v) is 13.6. The lowest BCUT2D eigenvalue weighted by molar-refractivity contribution is 0.0992. The number of carbonyl (C=O) groups excluding carboxylic acids is 1. The SMILES string of the molecule is Cc1nn(C)cc1C(=O)Cc1ccc2c(c1)B(O)CC2(C)C. The van der Waals surface area contributed by atoms with Gasteiger partial charge in [-0.2, -0.15) is 5.10 Å². The highest BCUT2D eigenvalue weighted by Crippen LogP contribution is 2.33. The minimum absolute atomic E-state index is 0.00275. The van der Waals surface area contributed by atoms with E-state index in [1.165, 1.54) is 5.56 Å². The molecule has 1 N–H and O–H groups in total. The Bertz CT molecular complexity index is 749. The Labute approximate surface area is 131 Å². The maximum absolute atomic E-state index is 12.4. The molecular weight excluding hydrogens is 275 g/mol. The summed E-state index contributed by atoms with van der Waals surface area (Å²) in [6.07, 6.45) is 2.84. The molecule has 0 spiro atoms. The van der Waals surface area contributed by atoms with Gasteiger partial charge in [0.15, 0.2) is 5.78 Å². The third-order valence-corrected chi connectivity index (χ3v) is 4.59. The van der Waals surface area contributed by atoms with Crippen LogP contribution in [-0.4, -0.2) is 27.5 Å². The van der Waals surface area contributed by atoms with Gasteiger partial charge in [0.25, 0.3) is 0 Å². The maximum atomic E-state index is 12.4. The summed E-state index contributed by atoms with van der Waals surface area (Å²) in [5.74, 6) is 0.0669. The van der Waals surface area contributed by atoms with Gasteiger partial charge in [0, 0.05) is 19.7 Å². The van der Waals surface area contributed by atoms with Crippen LogP contribution < -0.4 is 5.46 Å². The highest BCUT2D eigenvalue weighted by Gasteiger charge is 2.38. The monoisotopic (exact) mass is 296 g/mol. The Kier molecular flexibility index (Phi) is 3.48. The lowest BCUT2D eigenvalue weighted by Crippen LogP contribution is -2.26. The first-order valence-corrected chi connectivity index (χ1v) is 7.63. The van der Waals surface area contributed by atoms with Crippen molar-refractivity contribution in [2.45, 2.75) is 38.9 Å². The fourth-order valence-electron chi connectivity index (χ4n) is 3.47. The van der Waals surface area contributed by atoms with E-state index >= 15 is 0 Å². The molecule has 0 aliphatic carbocycles. The van der Waals surface area contributed by atoms with E-state index in [2.05, 4.69) is 25.0 Å². The van der Waals surface area contributed by atoms with Crippen molar-refractivity contribution in [2.75, 3.05) is 0 Å². The minimum Gasteiger partial charge on any atom is -0.446 e. The molecule has 3 rings (SSSR count). The molecule has 0 amide bonds. The second kappa shape index (κ2) is 5.09. The van der Waals surface area contributed by atoms with E-state index < -0.39 is 6.92 Å². The molecule has 4 nitrogen and oxygen atoms in total. The number of aromatic nitrogens is 2. The number of ketones is 1. The number of rotatable bonds is 3. The van der Waals surface area contributed by atoms with Crippen molar-refractivity contribution in [3.63, 3.8) is 0 Å². The highest BCUT2D eigenvalue weighted by molar-refractivity contribution is 6.68. The summed E-state index contributed by atoms with van der Waals surface area (Å²) in [4.78, 5) is 12.4. The van der Waals surface area contributed by atoms with Crippen molar-refractivity contribution in [3.8, 4) is 0 Å². The van der Waals surface area contributed by atoms with Gasteiger partial charge in [-0.1, -0.05) is 32.0 Å². The van der Waals surface area contributed by atoms with Crippen LogP contribution in [0.4, 0.5) is 0 Å². The van der Waals surface area contributed by atoms with E-state index in [1.807, 2.05) is 26.1 Å². The zero-order chi connectivity index (χ0) is 16.1. The number of hydrogen-bond donors (Lipinski definition) is 1. The Balaban J connectivity index is 1.87. The van der Waals surface area contributed by atoms with Gasteiger partial charge < -0.3 is 5.02 Å². The molecule has 0 unspecified atom stereocenters. The molecule has 0 saturated carbocycles. The first kappa shape index (κ1) is 15.0. The molecule has 1 aromatic heterocycles. The zero-order valence-electron chi connectivity index (χ0n) is 13.6. The van der Waals surface area contributed by atoms with Gasteiger partial charge in [-0.3, -0.25) is 9.48 Å². The van der Waals surface area contributed by atoms with E-state index in [0.29, 0.717) is 12.0 Å². The standard InChI is InChI=1S/C17H21BN2O2/c1-11-13(9-20(4)19-11)16(21)8-12-5-6-14-15(7-12)18(22)10-17(14,2)3/h5-7,9,22H,8,10H2,1-4H3. The Morgan fingerprint density at radius 3 is 2.82 bits per heavy atom. The number of fused-ring (bicyclic) bond motifs is 1.